The normalized spacial score (nSPS) is 10.4. The molecule has 0 bridgehead atoms. The van der Waals surface area contributed by atoms with E-state index in [1.165, 1.54) is 5.56 Å². The molecule has 6 nitrogen and oxygen atoms in total. The first-order valence-electron chi connectivity index (χ1n) is 7.22. The number of methoxy groups -OCH3 is 2. The molecule has 1 heterocycles. The van der Waals surface area contributed by atoms with Gasteiger partial charge in [-0.25, -0.2) is 0 Å². The van der Waals surface area contributed by atoms with Gasteiger partial charge in [0.2, 0.25) is 0 Å². The minimum Gasteiger partial charge on any atom is -0.493 e. The maximum absolute atomic E-state index is 12.3. The van der Waals surface area contributed by atoms with Gasteiger partial charge in [0.25, 0.3) is 5.91 Å². The fourth-order valence-electron chi connectivity index (χ4n) is 2.22. The third kappa shape index (κ3) is 4.60. The number of ether oxygens (including phenoxy) is 2. The van der Waals surface area contributed by atoms with Crippen LogP contribution in [0.15, 0.2) is 24.5 Å². The Balaban J connectivity index is 1.92. The number of halogens is 1. The smallest absolute Gasteiger partial charge is 0.252 e. The summed E-state index contributed by atoms with van der Waals surface area (Å²) in [6, 6.07) is 3.50. The molecule has 0 fully saturated rings. The summed E-state index contributed by atoms with van der Waals surface area (Å²) in [5.41, 5.74) is 1.76. The minimum atomic E-state index is -0.110. The van der Waals surface area contributed by atoms with Gasteiger partial charge in [-0.05, 0) is 53.1 Å². The van der Waals surface area contributed by atoms with Crippen molar-refractivity contribution in [2.75, 3.05) is 20.8 Å². The topological polar surface area (TPSA) is 65.4 Å². The van der Waals surface area contributed by atoms with Gasteiger partial charge in [-0.1, -0.05) is 0 Å². The van der Waals surface area contributed by atoms with Crippen molar-refractivity contribution in [1.29, 1.82) is 0 Å². The Kier molecular flexibility index (Phi) is 6.26. The van der Waals surface area contributed by atoms with Crippen molar-refractivity contribution in [3.63, 3.8) is 0 Å². The van der Waals surface area contributed by atoms with Gasteiger partial charge in [-0.3, -0.25) is 9.48 Å². The van der Waals surface area contributed by atoms with Crippen LogP contribution >= 0.6 is 22.6 Å². The van der Waals surface area contributed by atoms with Gasteiger partial charge in [-0.15, -0.1) is 0 Å². The van der Waals surface area contributed by atoms with Crippen LogP contribution in [0.4, 0.5) is 0 Å². The van der Waals surface area contributed by atoms with Gasteiger partial charge in [-0.2, -0.15) is 5.10 Å². The lowest BCUT2D eigenvalue weighted by Crippen LogP contribution is -2.25. The summed E-state index contributed by atoms with van der Waals surface area (Å²) in [4.78, 5) is 12.3. The van der Waals surface area contributed by atoms with Crippen LogP contribution in [0.25, 0.3) is 0 Å². The molecule has 0 spiro atoms. The van der Waals surface area contributed by atoms with Crippen molar-refractivity contribution in [3.8, 4) is 11.5 Å². The molecule has 2 aromatic rings. The zero-order chi connectivity index (χ0) is 16.8. The van der Waals surface area contributed by atoms with Crippen LogP contribution in [-0.4, -0.2) is 36.5 Å². The first-order chi connectivity index (χ1) is 11.0. The van der Waals surface area contributed by atoms with Crippen molar-refractivity contribution in [2.24, 2.45) is 7.05 Å². The molecule has 1 aromatic carbocycles. The molecule has 0 aliphatic rings. The lowest BCUT2D eigenvalue weighted by atomic mass is 10.1. The van der Waals surface area contributed by atoms with E-state index in [0.717, 1.165) is 16.4 Å². The Morgan fingerprint density at radius 2 is 2.00 bits per heavy atom. The highest BCUT2D eigenvalue weighted by Crippen LogP contribution is 2.31. The highest BCUT2D eigenvalue weighted by atomic mass is 127. The summed E-state index contributed by atoms with van der Waals surface area (Å²) in [5.74, 6) is 1.06. The maximum Gasteiger partial charge on any atom is 0.252 e. The molecule has 7 heteroatoms. The number of aryl methyl sites for hydroxylation is 2. The molecule has 0 unspecified atom stereocenters. The number of hydrogen-bond donors (Lipinski definition) is 1. The van der Waals surface area contributed by atoms with Gasteiger partial charge in [0, 0.05) is 23.4 Å². The van der Waals surface area contributed by atoms with E-state index in [4.69, 9.17) is 9.47 Å². The monoisotopic (exact) mass is 429 g/mol. The number of rotatable bonds is 7. The molecule has 0 atom stereocenters. The second kappa shape index (κ2) is 8.19. The van der Waals surface area contributed by atoms with Crippen molar-refractivity contribution >= 4 is 28.5 Å². The molecular weight excluding hydrogens is 409 g/mol. The third-order valence-corrected chi connectivity index (χ3v) is 4.30. The van der Waals surface area contributed by atoms with Crippen molar-refractivity contribution in [2.45, 2.75) is 12.8 Å². The van der Waals surface area contributed by atoms with E-state index in [1.807, 2.05) is 19.4 Å². The average Bonchev–Trinajstić information content (AvgIpc) is 2.96. The zero-order valence-electron chi connectivity index (χ0n) is 13.4. The number of carbonyl (C=O) groups excluding carboxylic acids is 1. The first kappa shape index (κ1) is 17.6. The standard InChI is InChI=1S/C16H20IN3O3/c1-20-10-11(9-19-20)5-4-6-18-16(21)12-7-14(22-2)15(23-3)8-13(12)17/h7-10H,4-6H2,1-3H3,(H,18,21). The molecule has 1 N–H and O–H groups in total. The van der Waals surface area contributed by atoms with E-state index in [0.29, 0.717) is 23.6 Å². The molecule has 0 aliphatic carbocycles. The molecule has 0 saturated heterocycles. The van der Waals surface area contributed by atoms with Gasteiger partial charge in [0.1, 0.15) is 0 Å². The summed E-state index contributed by atoms with van der Waals surface area (Å²) in [6.45, 7) is 0.609. The zero-order valence-corrected chi connectivity index (χ0v) is 15.6. The summed E-state index contributed by atoms with van der Waals surface area (Å²) in [7, 11) is 5.02. The molecule has 124 valence electrons. The number of aromatic nitrogens is 2. The van der Waals surface area contributed by atoms with Gasteiger partial charge in [0.15, 0.2) is 11.5 Å². The fourth-order valence-corrected chi connectivity index (χ4v) is 2.90. The predicted molar refractivity (Wildman–Crippen MR) is 96.1 cm³/mol. The van der Waals surface area contributed by atoms with Crippen LogP contribution in [0, 0.1) is 3.57 Å². The van der Waals surface area contributed by atoms with E-state index >= 15 is 0 Å². The van der Waals surface area contributed by atoms with E-state index in [1.54, 1.807) is 31.0 Å². The molecule has 0 aliphatic heterocycles. The molecule has 1 aromatic heterocycles. The number of amides is 1. The molecule has 1 amide bonds. The third-order valence-electron chi connectivity index (χ3n) is 3.40. The summed E-state index contributed by atoms with van der Waals surface area (Å²) < 4.78 is 13.1. The Morgan fingerprint density at radius 3 is 2.61 bits per heavy atom. The number of hydrogen-bond acceptors (Lipinski definition) is 4. The van der Waals surface area contributed by atoms with Gasteiger partial charge in [0.05, 0.1) is 26.0 Å². The highest BCUT2D eigenvalue weighted by molar-refractivity contribution is 14.1. The van der Waals surface area contributed by atoms with Crippen molar-refractivity contribution in [3.05, 3.63) is 39.2 Å². The van der Waals surface area contributed by atoms with Crippen LogP contribution in [-0.2, 0) is 13.5 Å². The van der Waals surface area contributed by atoms with Crippen molar-refractivity contribution in [1.82, 2.24) is 15.1 Å². The Labute approximate surface area is 149 Å². The van der Waals surface area contributed by atoms with Crippen LogP contribution in [0.5, 0.6) is 11.5 Å². The SMILES string of the molecule is COc1cc(I)c(C(=O)NCCCc2cnn(C)c2)cc1OC. The molecular formula is C16H20IN3O3. The van der Waals surface area contributed by atoms with E-state index < -0.39 is 0 Å². The molecule has 2 rings (SSSR count). The van der Waals surface area contributed by atoms with Crippen molar-refractivity contribution < 1.29 is 14.3 Å². The lowest BCUT2D eigenvalue weighted by Gasteiger charge is -2.12. The number of nitrogens with one attached hydrogen (secondary N) is 1. The summed E-state index contributed by atoms with van der Waals surface area (Å²) in [6.07, 6.45) is 5.58. The number of nitrogens with zero attached hydrogens (tertiary/aromatic N) is 2. The second-order valence-corrected chi connectivity index (χ2v) is 6.23. The first-order valence-corrected chi connectivity index (χ1v) is 8.30. The Bertz CT molecular complexity index is 685. The molecule has 23 heavy (non-hydrogen) atoms. The highest BCUT2D eigenvalue weighted by Gasteiger charge is 2.15. The molecule has 0 radical (unpaired) electrons. The lowest BCUT2D eigenvalue weighted by molar-refractivity contribution is 0.0952. The van der Waals surface area contributed by atoms with E-state index in [-0.39, 0.29) is 5.91 Å². The number of benzene rings is 1. The average molecular weight is 429 g/mol. The Morgan fingerprint density at radius 1 is 1.30 bits per heavy atom. The van der Waals surface area contributed by atoms with Crippen LogP contribution in [0.1, 0.15) is 22.3 Å². The van der Waals surface area contributed by atoms with E-state index in [2.05, 4.69) is 33.0 Å². The largest absolute Gasteiger partial charge is 0.493 e. The minimum absolute atomic E-state index is 0.110. The van der Waals surface area contributed by atoms with Crippen LogP contribution in [0.2, 0.25) is 0 Å². The van der Waals surface area contributed by atoms with Crippen LogP contribution < -0.4 is 14.8 Å². The van der Waals surface area contributed by atoms with Gasteiger partial charge >= 0.3 is 0 Å². The predicted octanol–water partition coefficient (Wildman–Crippen LogP) is 2.40. The molecule has 0 saturated carbocycles. The van der Waals surface area contributed by atoms with Crippen LogP contribution in [0.3, 0.4) is 0 Å². The summed E-state index contributed by atoms with van der Waals surface area (Å²) in [5, 5.41) is 7.07. The van der Waals surface area contributed by atoms with Gasteiger partial charge < -0.3 is 14.8 Å². The Hall–Kier alpha value is -1.77. The fraction of sp³-hybridized carbons (Fsp3) is 0.375. The quantitative estimate of drug-likeness (QED) is 0.543. The maximum atomic E-state index is 12.3. The second-order valence-electron chi connectivity index (χ2n) is 5.07. The number of carbonyl (C=O) groups is 1. The van der Waals surface area contributed by atoms with E-state index in [9.17, 15) is 4.79 Å². The summed E-state index contributed by atoms with van der Waals surface area (Å²) >= 11 is 2.12.